The summed E-state index contributed by atoms with van der Waals surface area (Å²) in [7, 11) is 3.48. The van der Waals surface area contributed by atoms with Gasteiger partial charge in [-0.05, 0) is 13.8 Å². The van der Waals surface area contributed by atoms with Gasteiger partial charge in [0.25, 0.3) is 0 Å². The molecule has 1 atom stereocenters. The van der Waals surface area contributed by atoms with E-state index >= 15 is 0 Å². The van der Waals surface area contributed by atoms with Crippen LogP contribution in [0.4, 0.5) is 0 Å². The van der Waals surface area contributed by atoms with E-state index in [9.17, 15) is 24.0 Å². The lowest BCUT2D eigenvalue weighted by molar-refractivity contribution is -0.152. The molecule has 0 radical (unpaired) electrons. The van der Waals surface area contributed by atoms with Gasteiger partial charge in [-0.15, -0.1) is 0 Å². The van der Waals surface area contributed by atoms with Gasteiger partial charge >= 0.3 is 29.8 Å². The molecule has 10 heteroatoms. The fourth-order valence-corrected chi connectivity index (χ4v) is 1.34. The number of hydrogen-bond acceptors (Lipinski definition) is 8. The van der Waals surface area contributed by atoms with E-state index in [1.54, 1.807) is 0 Å². The highest BCUT2D eigenvalue weighted by Crippen LogP contribution is 2.17. The standard InChI is InChI=1S/C10H14O6.C6H8O4/c1-6(9(12)15-3)7(10(13)16-4)5-8(11)14-2;1-3(5(7)8)4(2)6(9)10/h7H,1,5H2,2-4H3;1-2H3,(H,7,8)(H,9,10)/b;4-3-. The molecule has 0 fully saturated rings. The van der Waals surface area contributed by atoms with E-state index in [0.29, 0.717) is 0 Å². The zero-order valence-corrected chi connectivity index (χ0v) is 15.2. The van der Waals surface area contributed by atoms with Crippen LogP contribution in [-0.4, -0.2) is 61.4 Å². The van der Waals surface area contributed by atoms with Crippen LogP contribution in [0.15, 0.2) is 23.3 Å². The van der Waals surface area contributed by atoms with Crippen LogP contribution in [0.2, 0.25) is 0 Å². The second-order valence-corrected chi connectivity index (χ2v) is 4.73. The Bertz CT molecular complexity index is 593. The third-order valence-electron chi connectivity index (χ3n) is 3.16. The van der Waals surface area contributed by atoms with Crippen LogP contribution < -0.4 is 0 Å². The molecule has 0 saturated carbocycles. The monoisotopic (exact) mass is 374 g/mol. The molecule has 1 unspecified atom stereocenters. The highest BCUT2D eigenvalue weighted by atomic mass is 16.5. The Morgan fingerprint density at radius 2 is 1.27 bits per heavy atom. The van der Waals surface area contributed by atoms with Crippen molar-refractivity contribution in [2.75, 3.05) is 21.3 Å². The molecule has 0 bridgehead atoms. The Labute approximate surface area is 150 Å². The molecule has 0 aliphatic heterocycles. The number of aliphatic carboxylic acids is 2. The summed E-state index contributed by atoms with van der Waals surface area (Å²) in [4.78, 5) is 53.8. The van der Waals surface area contributed by atoms with Crippen molar-refractivity contribution in [1.82, 2.24) is 0 Å². The number of methoxy groups -OCH3 is 3. The largest absolute Gasteiger partial charge is 0.478 e. The minimum absolute atomic E-state index is 0.132. The van der Waals surface area contributed by atoms with Crippen molar-refractivity contribution in [3.05, 3.63) is 23.3 Å². The second kappa shape index (κ2) is 12.2. The van der Waals surface area contributed by atoms with Gasteiger partial charge in [-0.25, -0.2) is 14.4 Å². The van der Waals surface area contributed by atoms with Crippen molar-refractivity contribution in [3.63, 3.8) is 0 Å². The molecule has 0 saturated heterocycles. The number of rotatable bonds is 7. The highest BCUT2D eigenvalue weighted by Gasteiger charge is 2.30. The molecule has 0 rings (SSSR count). The second-order valence-electron chi connectivity index (χ2n) is 4.73. The van der Waals surface area contributed by atoms with Gasteiger partial charge in [0.1, 0.15) is 0 Å². The number of ether oxygens (including phenoxy) is 3. The van der Waals surface area contributed by atoms with Crippen LogP contribution in [0, 0.1) is 5.92 Å². The first-order valence-corrected chi connectivity index (χ1v) is 7.00. The van der Waals surface area contributed by atoms with Gasteiger partial charge in [-0.2, -0.15) is 0 Å². The van der Waals surface area contributed by atoms with Gasteiger partial charge in [0, 0.05) is 16.7 Å². The third-order valence-corrected chi connectivity index (χ3v) is 3.16. The Kier molecular flexibility index (Phi) is 11.8. The molecule has 0 aromatic rings. The fraction of sp³-hybridized carbons (Fsp3) is 0.438. The number of esters is 3. The molecule has 0 spiro atoms. The molecule has 146 valence electrons. The van der Waals surface area contributed by atoms with Crippen molar-refractivity contribution in [2.24, 2.45) is 5.92 Å². The molecule has 0 aliphatic carbocycles. The predicted octanol–water partition coefficient (Wildman–Crippen LogP) is 0.560. The minimum atomic E-state index is -1.19. The smallest absolute Gasteiger partial charge is 0.334 e. The molecule has 0 amide bonds. The zero-order chi connectivity index (χ0) is 21.0. The van der Waals surface area contributed by atoms with Gasteiger partial charge in [0.05, 0.1) is 33.7 Å². The van der Waals surface area contributed by atoms with Crippen molar-refractivity contribution in [1.29, 1.82) is 0 Å². The maximum atomic E-state index is 11.3. The maximum Gasteiger partial charge on any atom is 0.334 e. The first-order chi connectivity index (χ1) is 11.9. The van der Waals surface area contributed by atoms with Crippen LogP contribution in [0.1, 0.15) is 20.3 Å². The lowest BCUT2D eigenvalue weighted by Gasteiger charge is -2.14. The van der Waals surface area contributed by atoms with Crippen molar-refractivity contribution in [2.45, 2.75) is 20.3 Å². The van der Waals surface area contributed by atoms with E-state index in [1.165, 1.54) is 21.0 Å². The topological polar surface area (TPSA) is 154 Å². The summed E-state index contributed by atoms with van der Waals surface area (Å²) in [6.07, 6.45) is -0.308. The Morgan fingerprint density at radius 3 is 1.54 bits per heavy atom. The van der Waals surface area contributed by atoms with Crippen LogP contribution in [0.25, 0.3) is 0 Å². The van der Waals surface area contributed by atoms with Crippen LogP contribution >= 0.6 is 0 Å². The Morgan fingerprint density at radius 1 is 0.846 bits per heavy atom. The summed E-state index contributed by atoms with van der Waals surface area (Å²) < 4.78 is 13.3. The van der Waals surface area contributed by atoms with Gasteiger partial charge in [-0.3, -0.25) is 9.59 Å². The molecule has 0 aliphatic rings. The lowest BCUT2D eigenvalue weighted by atomic mass is 9.97. The normalized spacial score (nSPS) is 11.6. The number of carboxylic acid groups (broad SMARTS) is 2. The van der Waals surface area contributed by atoms with Crippen molar-refractivity contribution < 1.29 is 48.4 Å². The molecule has 2 N–H and O–H groups in total. The van der Waals surface area contributed by atoms with Crippen molar-refractivity contribution in [3.8, 4) is 0 Å². The predicted molar refractivity (Wildman–Crippen MR) is 86.9 cm³/mol. The van der Waals surface area contributed by atoms with E-state index in [0.717, 1.165) is 14.2 Å². The van der Waals surface area contributed by atoms with E-state index in [4.69, 9.17) is 10.2 Å². The summed E-state index contributed by atoms with van der Waals surface area (Å²) >= 11 is 0. The minimum Gasteiger partial charge on any atom is -0.478 e. The molecule has 10 nitrogen and oxygen atoms in total. The van der Waals surface area contributed by atoms with Gasteiger partial charge in [0.2, 0.25) is 0 Å². The number of carbonyl (C=O) groups excluding carboxylic acids is 3. The molecule has 0 aromatic heterocycles. The summed E-state index contributed by atoms with van der Waals surface area (Å²) in [6.45, 7) is 5.91. The van der Waals surface area contributed by atoms with Crippen LogP contribution in [0.3, 0.4) is 0 Å². The van der Waals surface area contributed by atoms with Crippen LogP contribution in [-0.2, 0) is 38.2 Å². The van der Waals surface area contributed by atoms with E-state index in [1.807, 2.05) is 0 Å². The van der Waals surface area contributed by atoms with Gasteiger partial charge in [-0.1, -0.05) is 6.58 Å². The summed E-state index contributed by atoms with van der Waals surface area (Å²) in [5.41, 5.74) is -0.403. The first-order valence-electron chi connectivity index (χ1n) is 7.00. The quantitative estimate of drug-likeness (QED) is 0.367. The van der Waals surface area contributed by atoms with E-state index < -0.39 is 35.8 Å². The molecular formula is C16H22O10. The van der Waals surface area contributed by atoms with Crippen molar-refractivity contribution >= 4 is 29.8 Å². The summed E-state index contributed by atoms with van der Waals surface area (Å²) in [5, 5.41) is 16.6. The number of carbonyl (C=O) groups is 5. The highest BCUT2D eigenvalue weighted by molar-refractivity contribution is 5.98. The van der Waals surface area contributed by atoms with Gasteiger partial charge < -0.3 is 24.4 Å². The fourth-order valence-electron chi connectivity index (χ4n) is 1.34. The van der Waals surface area contributed by atoms with E-state index in [2.05, 4.69) is 20.8 Å². The molecular weight excluding hydrogens is 352 g/mol. The zero-order valence-electron chi connectivity index (χ0n) is 15.2. The van der Waals surface area contributed by atoms with Gasteiger partial charge in [0.15, 0.2) is 0 Å². The number of hydrogen-bond donors (Lipinski definition) is 2. The van der Waals surface area contributed by atoms with E-state index in [-0.39, 0.29) is 23.1 Å². The number of carboxylic acids is 2. The first kappa shape index (κ1) is 25.1. The summed E-state index contributed by atoms with van der Waals surface area (Å²) in [5.74, 6) is -5.61. The third kappa shape index (κ3) is 8.62. The molecule has 0 heterocycles. The lowest BCUT2D eigenvalue weighted by Crippen LogP contribution is -2.26. The SMILES string of the molecule is C/C(C(=O)O)=C(\C)C(=O)O.C=C(C(=O)OC)C(CC(=O)OC)C(=O)OC. The Balaban J connectivity index is 0. The Hall–Kier alpha value is -3.17. The summed E-state index contributed by atoms with van der Waals surface area (Å²) in [6, 6.07) is 0. The average molecular weight is 374 g/mol. The molecule has 26 heavy (non-hydrogen) atoms. The molecule has 0 aromatic carbocycles. The maximum absolute atomic E-state index is 11.3. The van der Waals surface area contributed by atoms with Crippen LogP contribution in [0.5, 0.6) is 0 Å². The average Bonchev–Trinajstić information content (AvgIpc) is 2.62.